The van der Waals surface area contributed by atoms with E-state index in [1.807, 2.05) is 0 Å². The van der Waals surface area contributed by atoms with Gasteiger partial charge in [-0.1, -0.05) is 70.0 Å². The van der Waals surface area contributed by atoms with Gasteiger partial charge in [0.25, 0.3) is 12.1 Å². The highest BCUT2D eigenvalue weighted by atomic mass is 32.7. The number of hydrogen-bond acceptors (Lipinski definition) is 18. The van der Waals surface area contributed by atoms with Gasteiger partial charge in [-0.25, -0.2) is 33.7 Å². The molecule has 1 aromatic carbocycles. The molecule has 7 N–H and O–H groups in total. The number of alkyl halides is 2. The molecule has 5 aromatic rings. The quantitative estimate of drug-likeness (QED) is 0.0521. The molecule has 3 fully saturated rings. The molecule has 72 heavy (non-hydrogen) atoms. The number of unbranched alkanes of at least 4 members (excludes halogenated alkanes) is 4. The van der Waals surface area contributed by atoms with Crippen molar-refractivity contribution in [1.29, 1.82) is 0 Å². The Morgan fingerprint density at radius 3 is 2.29 bits per heavy atom. The molecule has 0 aliphatic carbocycles. The number of nitrogens with one attached hydrogen (secondary N) is 4. The predicted octanol–water partition coefficient (Wildman–Crippen LogP) is 5.10. The van der Waals surface area contributed by atoms with Crippen molar-refractivity contribution >= 4 is 88.0 Å². The lowest BCUT2D eigenvalue weighted by Gasteiger charge is -2.28. The second-order valence-electron chi connectivity index (χ2n) is 18.0. The molecule has 12 atom stereocenters. The van der Waals surface area contributed by atoms with Crippen molar-refractivity contribution < 1.29 is 55.7 Å². The fourth-order valence-electron chi connectivity index (χ4n) is 8.60. The van der Waals surface area contributed by atoms with Crippen LogP contribution < -0.4 is 27.2 Å². The van der Waals surface area contributed by atoms with Crippen molar-refractivity contribution in [3.05, 3.63) is 65.5 Å². The molecule has 4 aromatic heterocycles. The summed E-state index contributed by atoms with van der Waals surface area (Å²) in [6.07, 6.45) is -2.04. The zero-order valence-electron chi connectivity index (χ0n) is 39.5. The lowest BCUT2D eigenvalue weighted by Crippen LogP contribution is -2.53. The fourth-order valence-corrected chi connectivity index (χ4v) is 15.1. The molecule has 0 radical (unpaired) electrons. The number of nitrogen functional groups attached to an aromatic ring is 1. The summed E-state index contributed by atoms with van der Waals surface area (Å²) >= 11 is 6.08. The summed E-state index contributed by atoms with van der Waals surface area (Å²) < 4.78 is 82.0. The summed E-state index contributed by atoms with van der Waals surface area (Å²) in [6, 6.07) is 4.60. The van der Waals surface area contributed by atoms with Gasteiger partial charge in [0.1, 0.15) is 41.8 Å². The SMILES string of the molecule is CCCCCCCC(=O)N[C@H](C(=O)N[C@@H](C)C(=O)Nc1ccc(CSP2(=O)OC[C@H]3O[C@@H](n4cnc5c(N)ncnc54)[C@H](F)[C@@H]3OP(O)(=S)OC[C@H]3O[C@@H](n4cnc5c(=O)[nH]cnc54)[C@H](F)[C@@H]32)cc1)C(C)C. The lowest BCUT2D eigenvalue weighted by molar-refractivity contribution is -0.131. The topological polar surface area (TPSA) is 304 Å². The van der Waals surface area contributed by atoms with Crippen molar-refractivity contribution in [3.8, 4) is 0 Å². The highest BCUT2D eigenvalue weighted by Crippen LogP contribution is 2.70. The first-order valence-corrected chi connectivity index (χ1v) is 29.2. The van der Waals surface area contributed by atoms with Gasteiger partial charge in [0.05, 0.1) is 38.3 Å². The number of amides is 3. The molecule has 2 unspecified atom stereocenters. The van der Waals surface area contributed by atoms with Gasteiger partial charge in [0, 0.05) is 17.9 Å². The zero-order valence-corrected chi connectivity index (χ0v) is 43.0. The minimum Gasteiger partial charge on any atom is -0.382 e. The molecule has 3 amide bonds. The number of rotatable bonds is 17. The van der Waals surface area contributed by atoms with Gasteiger partial charge in [-0.3, -0.25) is 37.4 Å². The Balaban J connectivity index is 0.994. The van der Waals surface area contributed by atoms with E-state index in [9.17, 15) is 24.1 Å². The maximum absolute atomic E-state index is 17.3. The van der Waals surface area contributed by atoms with E-state index in [4.69, 9.17) is 40.6 Å². The Morgan fingerprint density at radius 1 is 0.903 bits per heavy atom. The molecule has 0 bridgehead atoms. The normalized spacial score (nSPS) is 28.5. The molecule has 3 saturated heterocycles. The first-order chi connectivity index (χ1) is 34.4. The highest BCUT2D eigenvalue weighted by molar-refractivity contribution is 8.56. The van der Waals surface area contributed by atoms with E-state index in [1.54, 1.807) is 38.1 Å². The zero-order chi connectivity index (χ0) is 51.5. The summed E-state index contributed by atoms with van der Waals surface area (Å²) in [5.41, 5.74) is 4.75. The van der Waals surface area contributed by atoms with Crippen LogP contribution in [0.1, 0.15) is 84.2 Å². The third-order valence-electron chi connectivity index (χ3n) is 12.5. The van der Waals surface area contributed by atoms with Crippen LogP contribution in [0.3, 0.4) is 0 Å². The number of carbonyl (C=O) groups excluding carboxylic acids is 3. The highest BCUT2D eigenvalue weighted by Gasteiger charge is 2.59. The molecule has 0 spiro atoms. The minimum atomic E-state index is -4.46. The monoisotopic (exact) mass is 1080 g/mol. The molecule has 3 aliphatic heterocycles. The molecular weight excluding hydrogens is 1020 g/mol. The van der Waals surface area contributed by atoms with E-state index < -0.39 is 105 Å². The molecule has 29 heteroatoms. The smallest absolute Gasteiger partial charge is 0.325 e. The van der Waals surface area contributed by atoms with Gasteiger partial charge in [-0.2, -0.15) is 0 Å². The summed E-state index contributed by atoms with van der Waals surface area (Å²) in [7, 11) is 0. The number of aromatic amines is 1. The van der Waals surface area contributed by atoms with E-state index in [0.29, 0.717) is 17.7 Å². The second kappa shape index (κ2) is 22.7. The van der Waals surface area contributed by atoms with Gasteiger partial charge < -0.3 is 50.1 Å². The van der Waals surface area contributed by atoms with Crippen LogP contribution in [-0.4, -0.2) is 123 Å². The number of H-pyrrole nitrogens is 1. The Labute approximate surface area is 420 Å². The van der Waals surface area contributed by atoms with E-state index >= 15 is 13.3 Å². The number of carbonyl (C=O) groups is 3. The average Bonchev–Trinajstić information content (AvgIpc) is 4.13. The number of ether oxygens (including phenoxy) is 2. The van der Waals surface area contributed by atoms with Crippen molar-refractivity contribution in [1.82, 2.24) is 49.7 Å². The third-order valence-corrected chi connectivity index (χ3v) is 19.2. The number of anilines is 2. The van der Waals surface area contributed by atoms with Crippen molar-refractivity contribution in [2.75, 3.05) is 24.3 Å². The van der Waals surface area contributed by atoms with Gasteiger partial charge in [0.2, 0.25) is 17.7 Å². The van der Waals surface area contributed by atoms with E-state index in [2.05, 4.69) is 52.8 Å². The Kier molecular flexibility index (Phi) is 16.9. The molecule has 7 heterocycles. The van der Waals surface area contributed by atoms with Gasteiger partial charge in [-0.15, -0.1) is 0 Å². The number of aromatic nitrogens is 8. The molecule has 8 rings (SSSR count). The number of imidazole rings is 2. The first-order valence-electron chi connectivity index (χ1n) is 23.3. The van der Waals surface area contributed by atoms with E-state index in [-0.39, 0.29) is 45.7 Å². The van der Waals surface area contributed by atoms with Gasteiger partial charge in [0.15, 0.2) is 47.4 Å². The Hall–Kier alpha value is -4.82. The first kappa shape index (κ1) is 53.5. The third kappa shape index (κ3) is 11.7. The van der Waals surface area contributed by atoms with Crippen LogP contribution in [0.2, 0.25) is 0 Å². The number of nitrogens with zero attached hydrogens (tertiary/aromatic N) is 7. The standard InChI is InChI=1S/C43H56F2N12O11P2S2/c1-5-6-7-8-9-10-28(58)55-31(22(2)3)41(61)53-23(4)39(59)54-25-13-11-24(12-14-25)17-72-69(62)35-27(67-43(30(35)45)57-21-52-33-38(57)49-19-50-40(33)60)16-65-70(63,71)68-34-26(15-64-69)66-42(29(34)44)56-20-51-32-36(46)47-18-48-37(32)56/h11-14,18-23,26-27,29-31,34-35,42-43H,5-10,15-17H2,1-4H3,(H,53,61)(H,54,59)(H,55,58)(H,63,71)(H2,46,47,48)(H,49,50,60)/t23-,26+,27+,29+,30+,31-,34+,35+,42+,43+,69?,70?/m0/s1. The average molecular weight is 1080 g/mol. The number of fused-ring (bicyclic) bond motifs is 4. The number of nitrogens with two attached hydrogens (primary N) is 1. The van der Waals surface area contributed by atoms with Crippen LogP contribution >= 0.6 is 24.7 Å². The van der Waals surface area contributed by atoms with Crippen LogP contribution in [0.4, 0.5) is 20.3 Å². The lowest BCUT2D eigenvalue weighted by atomic mass is 10.0. The maximum atomic E-state index is 17.3. The summed E-state index contributed by atoms with van der Waals surface area (Å²) in [5.74, 6) is -1.55. The Bertz CT molecular complexity index is 2920. The molecule has 390 valence electrons. The Morgan fingerprint density at radius 2 is 1.57 bits per heavy atom. The second-order valence-corrected chi connectivity index (χ2v) is 25.5. The largest absolute Gasteiger partial charge is 0.382 e. The summed E-state index contributed by atoms with van der Waals surface area (Å²) in [5, 5.41) is 8.26. The van der Waals surface area contributed by atoms with Crippen molar-refractivity contribution in [3.63, 3.8) is 0 Å². The fraction of sp³-hybridized carbons (Fsp3) is 0.558. The van der Waals surface area contributed by atoms with Gasteiger partial charge in [-0.05, 0) is 48.8 Å². The number of halogens is 2. The van der Waals surface area contributed by atoms with E-state index in [0.717, 1.165) is 62.5 Å². The number of benzene rings is 1. The summed E-state index contributed by atoms with van der Waals surface area (Å²) in [6.45, 7) is -2.97. The van der Waals surface area contributed by atoms with Crippen LogP contribution in [0.15, 0.2) is 54.4 Å². The van der Waals surface area contributed by atoms with Crippen LogP contribution in [0.5, 0.6) is 0 Å². The predicted molar refractivity (Wildman–Crippen MR) is 264 cm³/mol. The molecule has 23 nitrogen and oxygen atoms in total. The number of hydrogen-bond donors (Lipinski definition) is 6. The molecule has 0 saturated carbocycles. The van der Waals surface area contributed by atoms with Gasteiger partial charge >= 0.3 is 6.72 Å². The van der Waals surface area contributed by atoms with Crippen LogP contribution in [0.25, 0.3) is 22.3 Å². The van der Waals surface area contributed by atoms with Crippen molar-refractivity contribution in [2.45, 2.75) is 133 Å². The van der Waals surface area contributed by atoms with Crippen LogP contribution in [0, 0.1) is 5.92 Å². The molecule has 3 aliphatic rings. The van der Waals surface area contributed by atoms with E-state index in [1.165, 1.54) is 22.4 Å². The van der Waals surface area contributed by atoms with Crippen LogP contribution in [-0.2, 0) is 59.6 Å². The van der Waals surface area contributed by atoms with Crippen molar-refractivity contribution in [2.24, 2.45) is 5.92 Å². The minimum absolute atomic E-state index is 0.0231. The maximum Gasteiger partial charge on any atom is 0.325 e. The summed E-state index contributed by atoms with van der Waals surface area (Å²) in [4.78, 5) is 86.0. The molecular formula is C43H56F2N12O11P2S2.